The maximum absolute atomic E-state index is 12.7. The Bertz CT molecular complexity index is 583. The van der Waals surface area contributed by atoms with E-state index in [0.717, 1.165) is 0 Å². The lowest BCUT2D eigenvalue weighted by Crippen LogP contribution is -2.16. The van der Waals surface area contributed by atoms with Gasteiger partial charge in [0.2, 0.25) is 0 Å². The Morgan fingerprint density at radius 1 is 1.21 bits per heavy atom. The third kappa shape index (κ3) is 3.25. The van der Waals surface area contributed by atoms with Crippen molar-refractivity contribution in [2.24, 2.45) is 0 Å². The summed E-state index contributed by atoms with van der Waals surface area (Å²) in [4.78, 5) is 21.7. The Morgan fingerprint density at radius 3 is 2.53 bits per heavy atom. The normalized spacial score (nSPS) is 10.1. The maximum atomic E-state index is 12.7. The van der Waals surface area contributed by atoms with Gasteiger partial charge in [-0.1, -0.05) is 0 Å². The fourth-order valence-corrected chi connectivity index (χ4v) is 1.44. The number of amides is 1. The van der Waals surface area contributed by atoms with E-state index in [1.165, 1.54) is 30.6 Å². The first-order chi connectivity index (χ1) is 9.06. The molecule has 1 aromatic carbocycles. The highest BCUT2D eigenvalue weighted by molar-refractivity contribution is 6.03. The number of carbonyl (C=O) groups excluding carboxylic acids is 1. The predicted molar refractivity (Wildman–Crippen MR) is 70.7 cm³/mol. The highest BCUT2D eigenvalue weighted by atomic mass is 19.1. The molecule has 0 atom stereocenters. The second-order valence-corrected chi connectivity index (χ2v) is 4.12. The number of rotatable bonds is 3. The number of benzene rings is 1. The molecule has 0 aliphatic rings. The van der Waals surface area contributed by atoms with Crippen molar-refractivity contribution >= 4 is 17.4 Å². The van der Waals surface area contributed by atoms with Crippen LogP contribution in [0.1, 0.15) is 10.5 Å². The number of carbonyl (C=O) groups is 1. The van der Waals surface area contributed by atoms with E-state index in [-0.39, 0.29) is 17.4 Å². The molecule has 0 unspecified atom stereocenters. The van der Waals surface area contributed by atoms with Crippen LogP contribution in [0.2, 0.25) is 0 Å². The van der Waals surface area contributed by atoms with Crippen molar-refractivity contribution in [1.29, 1.82) is 0 Å². The molecule has 0 aliphatic carbocycles. The summed E-state index contributed by atoms with van der Waals surface area (Å²) in [5.74, 6) is -0.0775. The lowest BCUT2D eigenvalue weighted by Gasteiger charge is -2.11. The van der Waals surface area contributed by atoms with E-state index < -0.39 is 0 Å². The van der Waals surface area contributed by atoms with E-state index in [1.54, 1.807) is 11.0 Å². The van der Waals surface area contributed by atoms with Crippen LogP contribution in [0, 0.1) is 5.82 Å². The van der Waals surface area contributed by atoms with Crippen LogP contribution in [0.15, 0.2) is 36.7 Å². The molecule has 1 N–H and O–H groups in total. The lowest BCUT2D eigenvalue weighted by atomic mass is 10.3. The molecule has 1 heterocycles. The van der Waals surface area contributed by atoms with Gasteiger partial charge < -0.3 is 10.2 Å². The van der Waals surface area contributed by atoms with Gasteiger partial charge in [0.1, 0.15) is 23.7 Å². The molecule has 0 radical (unpaired) electrons. The zero-order valence-electron chi connectivity index (χ0n) is 10.6. The molecule has 19 heavy (non-hydrogen) atoms. The van der Waals surface area contributed by atoms with Crippen LogP contribution < -0.4 is 10.2 Å². The van der Waals surface area contributed by atoms with Gasteiger partial charge in [0.25, 0.3) is 5.91 Å². The average molecular weight is 260 g/mol. The van der Waals surface area contributed by atoms with Crippen molar-refractivity contribution in [1.82, 2.24) is 9.97 Å². The first-order valence-electron chi connectivity index (χ1n) is 5.62. The molecule has 98 valence electrons. The van der Waals surface area contributed by atoms with Gasteiger partial charge in [-0.2, -0.15) is 0 Å². The van der Waals surface area contributed by atoms with Crippen molar-refractivity contribution in [3.63, 3.8) is 0 Å². The number of nitrogens with one attached hydrogen (secondary N) is 1. The molecule has 6 heteroatoms. The van der Waals surface area contributed by atoms with Gasteiger partial charge in [0.05, 0.1) is 0 Å². The van der Waals surface area contributed by atoms with Crippen molar-refractivity contribution in [2.75, 3.05) is 24.3 Å². The number of aromatic nitrogens is 2. The zero-order chi connectivity index (χ0) is 13.8. The number of hydrogen-bond acceptors (Lipinski definition) is 4. The third-order valence-corrected chi connectivity index (χ3v) is 2.45. The predicted octanol–water partition coefficient (Wildman–Crippen LogP) is 1.93. The van der Waals surface area contributed by atoms with E-state index >= 15 is 0 Å². The van der Waals surface area contributed by atoms with Crippen LogP contribution in [0.3, 0.4) is 0 Å². The summed E-state index contributed by atoms with van der Waals surface area (Å²) < 4.78 is 12.7. The molecule has 0 saturated carbocycles. The SMILES string of the molecule is CN(C)c1cc(C(=O)Nc2ccc(F)cc2)ncn1. The average Bonchev–Trinajstić information content (AvgIpc) is 2.41. The molecule has 2 rings (SSSR count). The molecule has 0 bridgehead atoms. The van der Waals surface area contributed by atoms with E-state index in [1.807, 2.05) is 14.1 Å². The van der Waals surface area contributed by atoms with E-state index in [4.69, 9.17) is 0 Å². The quantitative estimate of drug-likeness (QED) is 0.916. The second-order valence-electron chi connectivity index (χ2n) is 4.12. The molecule has 0 saturated heterocycles. The minimum absolute atomic E-state index is 0.253. The van der Waals surface area contributed by atoms with E-state index in [2.05, 4.69) is 15.3 Å². The summed E-state index contributed by atoms with van der Waals surface area (Å²) in [5, 5.41) is 2.64. The molecular formula is C13H13FN4O. The largest absolute Gasteiger partial charge is 0.363 e. The first-order valence-corrected chi connectivity index (χ1v) is 5.62. The molecule has 1 amide bonds. The maximum Gasteiger partial charge on any atom is 0.274 e. The van der Waals surface area contributed by atoms with E-state index in [9.17, 15) is 9.18 Å². The Hall–Kier alpha value is -2.50. The van der Waals surface area contributed by atoms with Gasteiger partial charge in [-0.25, -0.2) is 14.4 Å². The van der Waals surface area contributed by atoms with Crippen LogP contribution in [0.4, 0.5) is 15.9 Å². The summed E-state index contributed by atoms with van der Waals surface area (Å²) in [5.41, 5.74) is 0.763. The number of halogens is 1. The Balaban J connectivity index is 2.15. The lowest BCUT2D eigenvalue weighted by molar-refractivity contribution is 0.102. The summed E-state index contributed by atoms with van der Waals surface area (Å²) in [6.45, 7) is 0. The number of anilines is 2. The summed E-state index contributed by atoms with van der Waals surface area (Å²) in [6, 6.07) is 7.11. The van der Waals surface area contributed by atoms with Crippen molar-refractivity contribution in [2.45, 2.75) is 0 Å². The highest BCUT2D eigenvalue weighted by Gasteiger charge is 2.09. The summed E-state index contributed by atoms with van der Waals surface area (Å²) >= 11 is 0. The number of nitrogens with zero attached hydrogens (tertiary/aromatic N) is 3. The van der Waals surface area contributed by atoms with Gasteiger partial charge >= 0.3 is 0 Å². The smallest absolute Gasteiger partial charge is 0.274 e. The van der Waals surface area contributed by atoms with Crippen LogP contribution >= 0.6 is 0 Å². The van der Waals surface area contributed by atoms with E-state index in [0.29, 0.717) is 11.5 Å². The highest BCUT2D eigenvalue weighted by Crippen LogP contribution is 2.11. The monoisotopic (exact) mass is 260 g/mol. The van der Waals surface area contributed by atoms with Crippen LogP contribution in [0.25, 0.3) is 0 Å². The standard InChI is InChI=1S/C13H13FN4O/c1-18(2)12-7-11(15-8-16-12)13(19)17-10-5-3-9(14)4-6-10/h3-8H,1-2H3,(H,17,19). The summed E-state index contributed by atoms with van der Waals surface area (Å²) in [6.07, 6.45) is 1.33. The molecule has 0 fully saturated rings. The molecule has 2 aromatic rings. The minimum Gasteiger partial charge on any atom is -0.363 e. The third-order valence-electron chi connectivity index (χ3n) is 2.45. The van der Waals surface area contributed by atoms with Crippen LogP contribution in [-0.4, -0.2) is 30.0 Å². The topological polar surface area (TPSA) is 58.1 Å². The molecule has 5 nitrogen and oxygen atoms in total. The van der Waals surface area contributed by atoms with Gasteiger partial charge in [-0.15, -0.1) is 0 Å². The van der Waals surface area contributed by atoms with Gasteiger partial charge in [-0.3, -0.25) is 4.79 Å². The fourth-order valence-electron chi connectivity index (χ4n) is 1.44. The number of hydrogen-bond donors (Lipinski definition) is 1. The minimum atomic E-state index is -0.364. The molecule has 0 spiro atoms. The molecule has 0 aliphatic heterocycles. The summed E-state index contributed by atoms with van der Waals surface area (Å²) in [7, 11) is 3.65. The molecular weight excluding hydrogens is 247 g/mol. The van der Waals surface area contributed by atoms with Crippen molar-refractivity contribution in [3.05, 3.63) is 48.2 Å². The van der Waals surface area contributed by atoms with Gasteiger partial charge in [0.15, 0.2) is 0 Å². The van der Waals surface area contributed by atoms with Crippen LogP contribution in [-0.2, 0) is 0 Å². The van der Waals surface area contributed by atoms with Crippen LogP contribution in [0.5, 0.6) is 0 Å². The Kier molecular flexibility index (Phi) is 3.70. The zero-order valence-corrected chi connectivity index (χ0v) is 10.6. The Labute approximate surface area is 110 Å². The van der Waals surface area contributed by atoms with Crippen molar-refractivity contribution < 1.29 is 9.18 Å². The second kappa shape index (κ2) is 5.43. The van der Waals surface area contributed by atoms with Crippen molar-refractivity contribution in [3.8, 4) is 0 Å². The Morgan fingerprint density at radius 2 is 1.89 bits per heavy atom. The molecule has 1 aromatic heterocycles. The van der Waals surface area contributed by atoms with Gasteiger partial charge in [0, 0.05) is 25.8 Å². The fraction of sp³-hybridized carbons (Fsp3) is 0.154. The van der Waals surface area contributed by atoms with Gasteiger partial charge in [-0.05, 0) is 24.3 Å². The first kappa shape index (κ1) is 12.9.